The summed E-state index contributed by atoms with van der Waals surface area (Å²) in [6, 6.07) is 6.76. The summed E-state index contributed by atoms with van der Waals surface area (Å²) >= 11 is 3.33. The Morgan fingerprint density at radius 2 is 1.75 bits per heavy atom. The molecule has 1 aromatic carbocycles. The van der Waals surface area contributed by atoms with Gasteiger partial charge in [0.1, 0.15) is 0 Å². The van der Waals surface area contributed by atoms with Gasteiger partial charge in [0.15, 0.2) is 0 Å². The molecule has 1 nitrogen and oxygen atoms in total. The first kappa shape index (κ1) is 13.4. The highest BCUT2D eigenvalue weighted by Gasteiger charge is 2.24. The van der Waals surface area contributed by atoms with Gasteiger partial charge in [0.05, 0.1) is 6.04 Å². The van der Waals surface area contributed by atoms with Crippen molar-refractivity contribution in [2.24, 2.45) is 0 Å². The first-order chi connectivity index (χ1) is 7.60. The maximum Gasteiger partial charge on any atom is 0.258 e. The molecule has 1 atom stereocenters. The van der Waals surface area contributed by atoms with Gasteiger partial charge in [0, 0.05) is 16.7 Å². The van der Waals surface area contributed by atoms with Crippen molar-refractivity contribution in [2.75, 3.05) is 11.4 Å². The van der Waals surface area contributed by atoms with Crippen LogP contribution in [0.1, 0.15) is 20.3 Å². The van der Waals surface area contributed by atoms with Gasteiger partial charge in [-0.2, -0.15) is 0 Å². The third-order valence-corrected chi connectivity index (χ3v) is 3.14. The van der Waals surface area contributed by atoms with Gasteiger partial charge in [-0.3, -0.25) is 0 Å². The number of nitrogens with zero attached hydrogens (tertiary/aromatic N) is 1. The predicted molar refractivity (Wildman–Crippen MR) is 67.2 cm³/mol. The van der Waals surface area contributed by atoms with Crippen molar-refractivity contribution in [1.82, 2.24) is 0 Å². The largest absolute Gasteiger partial charge is 0.363 e. The Hall–Kier alpha value is -0.640. The summed E-state index contributed by atoms with van der Waals surface area (Å²) in [5.74, 6) is 0. The Bertz CT molecular complexity index is 313. The number of benzene rings is 1. The van der Waals surface area contributed by atoms with Gasteiger partial charge >= 0.3 is 0 Å². The molecule has 0 radical (unpaired) electrons. The van der Waals surface area contributed by atoms with Crippen molar-refractivity contribution in [1.29, 1.82) is 0 Å². The zero-order chi connectivity index (χ0) is 12.1. The first-order valence-corrected chi connectivity index (χ1v) is 6.19. The Balaban J connectivity index is 2.92. The van der Waals surface area contributed by atoms with E-state index in [0.717, 1.165) is 10.2 Å². The van der Waals surface area contributed by atoms with E-state index in [4.69, 9.17) is 0 Å². The lowest BCUT2D eigenvalue weighted by atomic mass is 10.1. The quantitative estimate of drug-likeness (QED) is 0.781. The van der Waals surface area contributed by atoms with E-state index in [2.05, 4.69) is 15.9 Å². The highest BCUT2D eigenvalue weighted by Crippen LogP contribution is 2.24. The standard InChI is InChI=1S/C12H16BrF2N/c1-3-11(12(14)15)16(4-2)10-7-5-9(13)6-8-10/h5-8,11-12H,3-4H2,1-2H3. The molecule has 0 aliphatic carbocycles. The summed E-state index contributed by atoms with van der Waals surface area (Å²) < 4.78 is 26.7. The van der Waals surface area contributed by atoms with Gasteiger partial charge in [-0.1, -0.05) is 22.9 Å². The fraction of sp³-hybridized carbons (Fsp3) is 0.500. The van der Waals surface area contributed by atoms with Crippen LogP contribution in [0.25, 0.3) is 0 Å². The van der Waals surface area contributed by atoms with Gasteiger partial charge in [-0.25, -0.2) is 8.78 Å². The van der Waals surface area contributed by atoms with Crippen LogP contribution in [0.3, 0.4) is 0 Å². The molecule has 0 saturated heterocycles. The molecular weight excluding hydrogens is 276 g/mol. The van der Waals surface area contributed by atoms with E-state index >= 15 is 0 Å². The van der Waals surface area contributed by atoms with Crippen molar-refractivity contribution >= 4 is 21.6 Å². The smallest absolute Gasteiger partial charge is 0.258 e. The molecule has 90 valence electrons. The van der Waals surface area contributed by atoms with Crippen molar-refractivity contribution in [3.63, 3.8) is 0 Å². The molecule has 0 saturated carbocycles. The average molecular weight is 292 g/mol. The molecule has 0 bridgehead atoms. The number of anilines is 1. The van der Waals surface area contributed by atoms with E-state index in [0.29, 0.717) is 13.0 Å². The third kappa shape index (κ3) is 3.17. The SMILES string of the molecule is CCC(C(F)F)N(CC)c1ccc(Br)cc1. The molecule has 4 heteroatoms. The van der Waals surface area contributed by atoms with Crippen LogP contribution in [0, 0.1) is 0 Å². The van der Waals surface area contributed by atoms with Crippen LogP contribution in [-0.2, 0) is 0 Å². The maximum atomic E-state index is 12.9. The number of hydrogen-bond donors (Lipinski definition) is 0. The molecule has 1 rings (SSSR count). The van der Waals surface area contributed by atoms with E-state index in [1.807, 2.05) is 31.2 Å². The highest BCUT2D eigenvalue weighted by molar-refractivity contribution is 9.10. The van der Waals surface area contributed by atoms with Crippen LogP contribution in [-0.4, -0.2) is 19.0 Å². The molecule has 0 heterocycles. The van der Waals surface area contributed by atoms with E-state index in [1.165, 1.54) is 0 Å². The summed E-state index contributed by atoms with van der Waals surface area (Å²) in [4.78, 5) is 1.75. The maximum absolute atomic E-state index is 12.9. The lowest BCUT2D eigenvalue weighted by Crippen LogP contribution is -2.40. The van der Waals surface area contributed by atoms with E-state index < -0.39 is 12.5 Å². The van der Waals surface area contributed by atoms with E-state index in [9.17, 15) is 8.78 Å². The lowest BCUT2D eigenvalue weighted by Gasteiger charge is -2.31. The van der Waals surface area contributed by atoms with Crippen LogP contribution in [0.4, 0.5) is 14.5 Å². The second kappa shape index (κ2) is 6.18. The van der Waals surface area contributed by atoms with Gasteiger partial charge in [-0.15, -0.1) is 0 Å². The Morgan fingerprint density at radius 3 is 2.12 bits per heavy atom. The van der Waals surface area contributed by atoms with Crippen molar-refractivity contribution < 1.29 is 8.78 Å². The van der Waals surface area contributed by atoms with Gasteiger partial charge in [-0.05, 0) is 37.6 Å². The van der Waals surface area contributed by atoms with Crippen molar-refractivity contribution in [3.8, 4) is 0 Å². The minimum atomic E-state index is -2.31. The van der Waals surface area contributed by atoms with Crippen molar-refractivity contribution in [3.05, 3.63) is 28.7 Å². The predicted octanol–water partition coefficient (Wildman–Crippen LogP) is 4.32. The highest BCUT2D eigenvalue weighted by atomic mass is 79.9. The molecule has 0 aliphatic rings. The Labute approximate surface area is 104 Å². The summed E-state index contributed by atoms with van der Waals surface area (Å²) in [7, 11) is 0. The zero-order valence-electron chi connectivity index (χ0n) is 9.46. The zero-order valence-corrected chi connectivity index (χ0v) is 11.0. The summed E-state index contributed by atoms with van der Waals surface area (Å²) in [5.41, 5.74) is 0.845. The Morgan fingerprint density at radius 1 is 1.19 bits per heavy atom. The molecule has 0 fully saturated rings. The third-order valence-electron chi connectivity index (χ3n) is 2.61. The average Bonchev–Trinajstić information content (AvgIpc) is 2.26. The van der Waals surface area contributed by atoms with Crippen LogP contribution in [0.5, 0.6) is 0 Å². The number of alkyl halides is 2. The van der Waals surface area contributed by atoms with Gasteiger partial charge in [0.2, 0.25) is 0 Å². The van der Waals surface area contributed by atoms with Crippen molar-refractivity contribution in [2.45, 2.75) is 32.7 Å². The van der Waals surface area contributed by atoms with Gasteiger partial charge < -0.3 is 4.90 Å². The molecule has 0 spiro atoms. The first-order valence-electron chi connectivity index (χ1n) is 5.40. The second-order valence-electron chi connectivity index (χ2n) is 3.57. The molecule has 1 unspecified atom stereocenters. The minimum Gasteiger partial charge on any atom is -0.363 e. The number of rotatable bonds is 5. The molecular formula is C12H16BrF2N. The van der Waals surface area contributed by atoms with Crippen LogP contribution >= 0.6 is 15.9 Å². The molecule has 1 aromatic rings. The molecule has 0 amide bonds. The summed E-state index contributed by atoms with van der Waals surface area (Å²) in [6.07, 6.45) is -1.87. The van der Waals surface area contributed by atoms with Gasteiger partial charge in [0.25, 0.3) is 6.43 Å². The topological polar surface area (TPSA) is 3.24 Å². The number of halogens is 3. The summed E-state index contributed by atoms with van der Waals surface area (Å²) in [6.45, 7) is 4.27. The lowest BCUT2D eigenvalue weighted by molar-refractivity contribution is 0.110. The number of hydrogen-bond acceptors (Lipinski definition) is 1. The minimum absolute atomic E-state index is 0.446. The fourth-order valence-electron chi connectivity index (χ4n) is 1.78. The normalized spacial score (nSPS) is 12.9. The van der Waals surface area contributed by atoms with E-state index in [-0.39, 0.29) is 0 Å². The Kier molecular flexibility index (Phi) is 5.19. The second-order valence-corrected chi connectivity index (χ2v) is 4.49. The molecule has 16 heavy (non-hydrogen) atoms. The van der Waals surface area contributed by atoms with Crippen LogP contribution in [0.15, 0.2) is 28.7 Å². The monoisotopic (exact) mass is 291 g/mol. The molecule has 0 N–H and O–H groups in total. The van der Waals surface area contributed by atoms with E-state index in [1.54, 1.807) is 11.8 Å². The molecule has 0 aliphatic heterocycles. The summed E-state index contributed by atoms with van der Waals surface area (Å²) in [5, 5.41) is 0. The van der Waals surface area contributed by atoms with Crippen LogP contribution in [0.2, 0.25) is 0 Å². The van der Waals surface area contributed by atoms with Crippen LogP contribution < -0.4 is 4.90 Å². The fourth-order valence-corrected chi connectivity index (χ4v) is 2.04. The molecule has 0 aromatic heterocycles.